The van der Waals surface area contributed by atoms with Gasteiger partial charge in [0.15, 0.2) is 5.13 Å². The van der Waals surface area contributed by atoms with E-state index in [1.165, 1.54) is 0 Å². The molecule has 0 aliphatic carbocycles. The van der Waals surface area contributed by atoms with Gasteiger partial charge in [0, 0.05) is 26.2 Å². The van der Waals surface area contributed by atoms with Gasteiger partial charge in [-0.05, 0) is 7.05 Å². The van der Waals surface area contributed by atoms with Crippen molar-refractivity contribution >= 4 is 28.2 Å². The van der Waals surface area contributed by atoms with E-state index >= 15 is 0 Å². The van der Waals surface area contributed by atoms with E-state index in [2.05, 4.69) is 9.88 Å². The van der Waals surface area contributed by atoms with Crippen LogP contribution in [0.15, 0.2) is 0 Å². The number of alkyl halides is 3. The normalized spacial score (nSPS) is 17.0. The summed E-state index contributed by atoms with van der Waals surface area (Å²) < 4.78 is 36.3. The predicted octanol–water partition coefficient (Wildman–Crippen LogP) is 0.769. The van der Waals surface area contributed by atoms with Gasteiger partial charge < -0.3 is 20.9 Å². The van der Waals surface area contributed by atoms with Crippen LogP contribution in [0.2, 0.25) is 0 Å². The average Bonchev–Trinajstić information content (AvgIpc) is 2.78. The molecule has 10 heteroatoms. The minimum Gasteiger partial charge on any atom is -0.382 e. The molecule has 3 N–H and O–H groups in total. The standard InChI is InChI=1S/C11H16F3N5OS/c1-18-2-4-19(5-3-18)10-17-8(15)7(21-10)9(20)16-6-11(12,13)14/h2-6,15H2,1H3,(H,16,20). The molecule has 1 aliphatic rings. The number of piperazine rings is 1. The zero-order chi connectivity index (χ0) is 15.6. The number of rotatable bonds is 3. The number of nitrogens with zero attached hydrogens (tertiary/aromatic N) is 3. The molecule has 21 heavy (non-hydrogen) atoms. The minimum atomic E-state index is -4.45. The monoisotopic (exact) mass is 323 g/mol. The molecule has 6 nitrogen and oxygen atoms in total. The minimum absolute atomic E-state index is 0.0215. The molecule has 1 aliphatic heterocycles. The second kappa shape index (κ2) is 6.06. The van der Waals surface area contributed by atoms with Crippen LogP contribution in [0.1, 0.15) is 9.67 Å². The summed E-state index contributed by atoms with van der Waals surface area (Å²) in [6, 6.07) is 0. The molecule has 0 aromatic carbocycles. The first-order chi connectivity index (χ1) is 9.76. The van der Waals surface area contributed by atoms with Crippen LogP contribution in [-0.4, -0.2) is 61.7 Å². The van der Waals surface area contributed by atoms with Crippen LogP contribution in [0.25, 0.3) is 0 Å². The topological polar surface area (TPSA) is 74.5 Å². The van der Waals surface area contributed by atoms with Crippen molar-refractivity contribution in [3.8, 4) is 0 Å². The van der Waals surface area contributed by atoms with Gasteiger partial charge >= 0.3 is 6.18 Å². The van der Waals surface area contributed by atoms with Gasteiger partial charge in [0.05, 0.1) is 0 Å². The van der Waals surface area contributed by atoms with E-state index in [9.17, 15) is 18.0 Å². The van der Waals surface area contributed by atoms with Gasteiger partial charge in [0.25, 0.3) is 5.91 Å². The van der Waals surface area contributed by atoms with E-state index in [1.54, 1.807) is 5.32 Å². The summed E-state index contributed by atoms with van der Waals surface area (Å²) in [5, 5.41) is 2.37. The molecule has 0 atom stereocenters. The first-order valence-corrected chi connectivity index (χ1v) is 7.12. The average molecular weight is 323 g/mol. The molecule has 2 rings (SSSR count). The Kier molecular flexibility index (Phi) is 4.57. The lowest BCUT2D eigenvalue weighted by Crippen LogP contribution is -2.44. The van der Waals surface area contributed by atoms with Gasteiger partial charge in [-0.25, -0.2) is 4.98 Å². The largest absolute Gasteiger partial charge is 0.405 e. The molecule has 118 valence electrons. The highest BCUT2D eigenvalue weighted by Crippen LogP contribution is 2.28. The van der Waals surface area contributed by atoms with Crippen LogP contribution in [0.3, 0.4) is 0 Å². The summed E-state index contributed by atoms with van der Waals surface area (Å²) in [6.07, 6.45) is -4.45. The number of aromatic nitrogens is 1. The number of nitrogens with one attached hydrogen (secondary N) is 1. The van der Waals surface area contributed by atoms with Crippen LogP contribution in [0.4, 0.5) is 24.1 Å². The maximum Gasteiger partial charge on any atom is 0.405 e. The van der Waals surface area contributed by atoms with Crippen LogP contribution >= 0.6 is 11.3 Å². The number of amides is 1. The number of carbonyl (C=O) groups is 1. The van der Waals surface area contributed by atoms with Crippen molar-refractivity contribution in [2.75, 3.05) is 50.4 Å². The Morgan fingerprint density at radius 3 is 2.57 bits per heavy atom. The third-order valence-corrected chi connectivity index (χ3v) is 4.20. The van der Waals surface area contributed by atoms with Gasteiger partial charge in [-0.3, -0.25) is 4.79 Å². The molecule has 0 bridgehead atoms. The van der Waals surface area contributed by atoms with Crippen molar-refractivity contribution in [3.05, 3.63) is 4.88 Å². The maximum atomic E-state index is 12.1. The number of likely N-dealkylation sites (N-methyl/N-ethyl adjacent to an activating group) is 1. The summed E-state index contributed by atoms with van der Waals surface area (Å²) in [5.41, 5.74) is 5.64. The van der Waals surface area contributed by atoms with E-state index in [0.717, 1.165) is 37.5 Å². The SMILES string of the molecule is CN1CCN(c2nc(N)c(C(=O)NCC(F)(F)F)s2)CC1. The van der Waals surface area contributed by atoms with Crippen molar-refractivity contribution in [1.29, 1.82) is 0 Å². The number of anilines is 2. The molecule has 2 heterocycles. The van der Waals surface area contributed by atoms with E-state index in [1.807, 2.05) is 11.9 Å². The summed E-state index contributed by atoms with van der Waals surface area (Å²) in [4.78, 5) is 20.0. The number of carbonyl (C=O) groups excluding carboxylic acids is 1. The van der Waals surface area contributed by atoms with Crippen molar-refractivity contribution in [1.82, 2.24) is 15.2 Å². The number of nitrogens with two attached hydrogens (primary N) is 1. The van der Waals surface area contributed by atoms with Crippen molar-refractivity contribution in [2.45, 2.75) is 6.18 Å². The number of hydrogen-bond acceptors (Lipinski definition) is 6. The van der Waals surface area contributed by atoms with Gasteiger partial charge in [0.2, 0.25) is 0 Å². The summed E-state index contributed by atoms with van der Waals surface area (Å²) >= 11 is 1.02. The van der Waals surface area contributed by atoms with Crippen molar-refractivity contribution < 1.29 is 18.0 Å². The Morgan fingerprint density at radius 1 is 1.38 bits per heavy atom. The highest BCUT2D eigenvalue weighted by Gasteiger charge is 2.29. The molecular weight excluding hydrogens is 307 g/mol. The Bertz CT molecular complexity index is 510. The Hall–Kier alpha value is -1.55. The predicted molar refractivity (Wildman–Crippen MR) is 74.6 cm³/mol. The summed E-state index contributed by atoms with van der Waals surface area (Å²) in [6.45, 7) is 1.82. The Morgan fingerprint density at radius 2 is 2.00 bits per heavy atom. The molecular formula is C11H16F3N5OS. The fourth-order valence-electron chi connectivity index (χ4n) is 1.88. The summed E-state index contributed by atoms with van der Waals surface area (Å²) in [7, 11) is 2.00. The van der Waals surface area contributed by atoms with Crippen LogP contribution in [0.5, 0.6) is 0 Å². The molecule has 0 saturated carbocycles. The lowest BCUT2D eigenvalue weighted by Gasteiger charge is -2.31. The smallest absolute Gasteiger partial charge is 0.382 e. The first-order valence-electron chi connectivity index (χ1n) is 6.31. The Balaban J connectivity index is 2.03. The van der Waals surface area contributed by atoms with E-state index < -0.39 is 18.6 Å². The fraction of sp³-hybridized carbons (Fsp3) is 0.636. The molecule has 1 aromatic rings. The van der Waals surface area contributed by atoms with Gasteiger partial charge in [-0.2, -0.15) is 13.2 Å². The van der Waals surface area contributed by atoms with Crippen LogP contribution in [0, 0.1) is 0 Å². The Labute approximate surface area is 123 Å². The third-order valence-electron chi connectivity index (χ3n) is 3.07. The summed E-state index contributed by atoms with van der Waals surface area (Å²) in [5.74, 6) is -0.878. The third kappa shape index (κ3) is 4.21. The second-order valence-corrected chi connectivity index (χ2v) is 5.78. The molecule has 1 saturated heterocycles. The highest BCUT2D eigenvalue weighted by molar-refractivity contribution is 7.18. The lowest BCUT2D eigenvalue weighted by atomic mass is 10.3. The van der Waals surface area contributed by atoms with Crippen molar-refractivity contribution in [2.24, 2.45) is 0 Å². The molecule has 1 aromatic heterocycles. The molecule has 1 fully saturated rings. The van der Waals surface area contributed by atoms with Crippen LogP contribution < -0.4 is 16.0 Å². The molecule has 0 unspecified atom stereocenters. The number of thiazole rings is 1. The molecule has 0 radical (unpaired) electrons. The molecule has 1 amide bonds. The second-order valence-electron chi connectivity index (χ2n) is 4.80. The quantitative estimate of drug-likeness (QED) is 0.859. The fourth-order valence-corrected chi connectivity index (χ4v) is 2.83. The maximum absolute atomic E-state index is 12.1. The van der Waals surface area contributed by atoms with E-state index in [0.29, 0.717) is 5.13 Å². The number of halogens is 3. The van der Waals surface area contributed by atoms with Gasteiger partial charge in [-0.1, -0.05) is 11.3 Å². The van der Waals surface area contributed by atoms with E-state index in [4.69, 9.17) is 5.73 Å². The molecule has 0 spiro atoms. The zero-order valence-corrected chi connectivity index (χ0v) is 12.2. The highest BCUT2D eigenvalue weighted by atomic mass is 32.1. The zero-order valence-electron chi connectivity index (χ0n) is 11.4. The van der Waals surface area contributed by atoms with Gasteiger partial charge in [0.1, 0.15) is 17.2 Å². The van der Waals surface area contributed by atoms with E-state index in [-0.39, 0.29) is 10.7 Å². The number of nitrogen functional groups attached to an aromatic ring is 1. The number of hydrogen-bond donors (Lipinski definition) is 2. The van der Waals surface area contributed by atoms with Crippen molar-refractivity contribution in [3.63, 3.8) is 0 Å². The first kappa shape index (κ1) is 15.8. The lowest BCUT2D eigenvalue weighted by molar-refractivity contribution is -0.123. The van der Waals surface area contributed by atoms with Gasteiger partial charge in [-0.15, -0.1) is 0 Å². The van der Waals surface area contributed by atoms with Crippen LogP contribution in [-0.2, 0) is 0 Å².